The van der Waals surface area contributed by atoms with Crippen molar-refractivity contribution in [2.45, 2.75) is 6.54 Å². The summed E-state index contributed by atoms with van der Waals surface area (Å²) in [5, 5.41) is 2.95. The van der Waals surface area contributed by atoms with Gasteiger partial charge in [0.25, 0.3) is 0 Å². The van der Waals surface area contributed by atoms with E-state index < -0.39 is 10.0 Å². The average molecular weight is 429 g/mol. The number of hydrogen-bond donors (Lipinski definition) is 2. The van der Waals surface area contributed by atoms with E-state index >= 15 is 0 Å². The summed E-state index contributed by atoms with van der Waals surface area (Å²) in [5.74, 6) is -0.179. The Morgan fingerprint density at radius 2 is 1.70 bits per heavy atom. The van der Waals surface area contributed by atoms with Crippen LogP contribution in [-0.2, 0) is 21.4 Å². The number of nitrogens with one attached hydrogen (secondary N) is 2. The maximum absolute atomic E-state index is 12.3. The van der Waals surface area contributed by atoms with Crippen LogP contribution in [0.5, 0.6) is 0 Å². The summed E-state index contributed by atoms with van der Waals surface area (Å²) in [6.07, 6.45) is 4.29. The number of amides is 1. The van der Waals surface area contributed by atoms with Gasteiger partial charge in [0.15, 0.2) is 0 Å². The number of piperazine rings is 1. The van der Waals surface area contributed by atoms with Crippen LogP contribution in [0.3, 0.4) is 0 Å². The molecule has 1 heterocycles. The molecule has 0 saturated carbocycles. The Morgan fingerprint density at radius 3 is 2.37 bits per heavy atom. The molecule has 1 fully saturated rings. The second-order valence-electron chi connectivity index (χ2n) is 7.47. The van der Waals surface area contributed by atoms with Gasteiger partial charge in [-0.05, 0) is 42.4 Å². The lowest BCUT2D eigenvalue weighted by atomic mass is 10.1. The average Bonchev–Trinajstić information content (AvgIpc) is 2.71. The first kappa shape index (κ1) is 21.9. The molecule has 0 radical (unpaired) electrons. The second kappa shape index (κ2) is 9.77. The van der Waals surface area contributed by atoms with E-state index in [9.17, 15) is 13.2 Å². The number of carbonyl (C=O) groups excluding carboxylic acids is 1. The maximum atomic E-state index is 12.3. The van der Waals surface area contributed by atoms with Gasteiger partial charge in [0, 0.05) is 50.2 Å². The van der Waals surface area contributed by atoms with Crippen molar-refractivity contribution < 1.29 is 13.2 Å². The molecule has 1 saturated heterocycles. The fourth-order valence-corrected chi connectivity index (χ4v) is 3.87. The number of para-hydroxylation sites is 1. The lowest BCUT2D eigenvalue weighted by Crippen LogP contribution is -2.45. The first-order valence-electron chi connectivity index (χ1n) is 9.85. The van der Waals surface area contributed by atoms with Crippen molar-refractivity contribution in [2.24, 2.45) is 0 Å². The number of likely N-dealkylation sites (N-methyl/N-ethyl adjacent to an activating group) is 1. The van der Waals surface area contributed by atoms with Crippen molar-refractivity contribution in [3.05, 3.63) is 65.7 Å². The van der Waals surface area contributed by atoms with E-state index in [2.05, 4.69) is 33.0 Å². The monoisotopic (exact) mass is 428 g/mol. The van der Waals surface area contributed by atoms with Crippen LogP contribution >= 0.6 is 0 Å². The van der Waals surface area contributed by atoms with Crippen LogP contribution in [0.2, 0.25) is 0 Å². The van der Waals surface area contributed by atoms with Crippen LogP contribution in [0, 0.1) is 0 Å². The third-order valence-electron chi connectivity index (χ3n) is 4.93. The lowest BCUT2D eigenvalue weighted by molar-refractivity contribution is -0.116. The molecule has 0 atom stereocenters. The summed E-state index contributed by atoms with van der Waals surface area (Å²) in [4.78, 5) is 16.9. The SMILES string of the molecule is CN1CCN(c2ccccc2CNC(=O)/C=C/c2ccc(NS(C)(=O)=O)cc2)CC1. The third-order valence-corrected chi connectivity index (χ3v) is 5.54. The first-order chi connectivity index (χ1) is 14.3. The highest BCUT2D eigenvalue weighted by atomic mass is 32.2. The van der Waals surface area contributed by atoms with Gasteiger partial charge in [0.1, 0.15) is 0 Å². The Balaban J connectivity index is 1.56. The topological polar surface area (TPSA) is 81.8 Å². The molecule has 3 rings (SSSR count). The molecule has 0 aromatic heterocycles. The van der Waals surface area contributed by atoms with Crippen molar-refractivity contribution in [1.29, 1.82) is 0 Å². The molecule has 2 aromatic carbocycles. The Bertz CT molecular complexity index is 995. The Kier molecular flexibility index (Phi) is 7.12. The lowest BCUT2D eigenvalue weighted by Gasteiger charge is -2.35. The molecule has 1 aliphatic heterocycles. The predicted octanol–water partition coefficient (Wildman–Crippen LogP) is 2.14. The zero-order chi connectivity index (χ0) is 21.6. The van der Waals surface area contributed by atoms with Gasteiger partial charge in [-0.3, -0.25) is 9.52 Å². The van der Waals surface area contributed by atoms with Gasteiger partial charge in [-0.1, -0.05) is 30.3 Å². The number of carbonyl (C=O) groups is 1. The Morgan fingerprint density at radius 1 is 1.03 bits per heavy atom. The van der Waals surface area contributed by atoms with Gasteiger partial charge in [0.2, 0.25) is 15.9 Å². The summed E-state index contributed by atoms with van der Waals surface area (Å²) in [6, 6.07) is 15.0. The molecule has 7 nitrogen and oxygen atoms in total. The summed E-state index contributed by atoms with van der Waals surface area (Å²) in [6.45, 7) is 4.48. The molecule has 0 aliphatic carbocycles. The predicted molar refractivity (Wildman–Crippen MR) is 122 cm³/mol. The summed E-state index contributed by atoms with van der Waals surface area (Å²) >= 11 is 0. The number of anilines is 2. The fraction of sp³-hybridized carbons (Fsp3) is 0.318. The molecule has 0 unspecified atom stereocenters. The number of sulfonamides is 1. The van der Waals surface area contributed by atoms with Crippen LogP contribution < -0.4 is 14.9 Å². The smallest absolute Gasteiger partial charge is 0.244 e. The molecule has 0 bridgehead atoms. The van der Waals surface area contributed by atoms with Crippen LogP contribution in [0.15, 0.2) is 54.6 Å². The molecule has 160 valence electrons. The highest BCUT2D eigenvalue weighted by Crippen LogP contribution is 2.21. The van der Waals surface area contributed by atoms with E-state index in [0.29, 0.717) is 12.2 Å². The number of rotatable bonds is 7. The van der Waals surface area contributed by atoms with E-state index in [-0.39, 0.29) is 5.91 Å². The molecule has 8 heteroatoms. The summed E-state index contributed by atoms with van der Waals surface area (Å²) < 4.78 is 24.9. The Labute approximate surface area is 178 Å². The quantitative estimate of drug-likeness (QED) is 0.661. The summed E-state index contributed by atoms with van der Waals surface area (Å²) in [7, 11) is -1.17. The molecular weight excluding hydrogens is 400 g/mol. The normalized spacial score (nSPS) is 15.3. The second-order valence-corrected chi connectivity index (χ2v) is 9.21. The third kappa shape index (κ3) is 6.60. The molecule has 2 N–H and O–H groups in total. The van der Waals surface area contributed by atoms with Gasteiger partial charge in [-0.25, -0.2) is 8.42 Å². The van der Waals surface area contributed by atoms with E-state index in [1.54, 1.807) is 30.3 Å². The van der Waals surface area contributed by atoms with Crippen LogP contribution in [-0.4, -0.2) is 58.7 Å². The zero-order valence-corrected chi connectivity index (χ0v) is 18.2. The minimum atomic E-state index is -3.30. The van der Waals surface area contributed by atoms with Crippen molar-refractivity contribution in [1.82, 2.24) is 10.2 Å². The standard InChI is InChI=1S/C22H28N4O3S/c1-25-13-15-26(16-14-25)21-6-4-3-5-19(21)17-23-22(27)12-9-18-7-10-20(11-8-18)24-30(2,28)29/h3-12,24H,13-17H2,1-2H3,(H,23,27)/b12-9+. The highest BCUT2D eigenvalue weighted by Gasteiger charge is 2.16. The number of nitrogens with zero attached hydrogens (tertiary/aromatic N) is 2. The summed E-state index contributed by atoms with van der Waals surface area (Å²) in [5.41, 5.74) is 3.56. The minimum Gasteiger partial charge on any atom is -0.369 e. The highest BCUT2D eigenvalue weighted by molar-refractivity contribution is 7.92. The molecular formula is C22H28N4O3S. The fourth-order valence-electron chi connectivity index (χ4n) is 3.31. The van der Waals surface area contributed by atoms with Crippen LogP contribution in [0.25, 0.3) is 6.08 Å². The van der Waals surface area contributed by atoms with E-state index in [0.717, 1.165) is 43.6 Å². The van der Waals surface area contributed by atoms with Gasteiger partial charge in [0.05, 0.1) is 6.26 Å². The van der Waals surface area contributed by atoms with Crippen molar-refractivity contribution in [3.8, 4) is 0 Å². The van der Waals surface area contributed by atoms with E-state index in [4.69, 9.17) is 0 Å². The molecule has 1 aliphatic rings. The zero-order valence-electron chi connectivity index (χ0n) is 17.3. The van der Waals surface area contributed by atoms with E-state index in [1.165, 1.54) is 11.8 Å². The molecule has 0 spiro atoms. The number of hydrogen-bond acceptors (Lipinski definition) is 5. The van der Waals surface area contributed by atoms with Gasteiger partial charge < -0.3 is 15.1 Å². The van der Waals surface area contributed by atoms with Crippen LogP contribution in [0.1, 0.15) is 11.1 Å². The maximum Gasteiger partial charge on any atom is 0.244 e. The van der Waals surface area contributed by atoms with Crippen molar-refractivity contribution in [3.63, 3.8) is 0 Å². The van der Waals surface area contributed by atoms with Gasteiger partial charge in [-0.15, -0.1) is 0 Å². The largest absolute Gasteiger partial charge is 0.369 e. The van der Waals surface area contributed by atoms with Crippen molar-refractivity contribution >= 4 is 33.4 Å². The van der Waals surface area contributed by atoms with E-state index in [1.807, 2.05) is 18.2 Å². The molecule has 30 heavy (non-hydrogen) atoms. The van der Waals surface area contributed by atoms with Gasteiger partial charge in [-0.2, -0.15) is 0 Å². The minimum absolute atomic E-state index is 0.179. The molecule has 2 aromatic rings. The van der Waals surface area contributed by atoms with Crippen LogP contribution in [0.4, 0.5) is 11.4 Å². The Hall–Kier alpha value is -2.84. The first-order valence-corrected chi connectivity index (χ1v) is 11.7. The number of benzene rings is 2. The van der Waals surface area contributed by atoms with Crippen molar-refractivity contribution in [2.75, 3.05) is 49.1 Å². The molecule has 1 amide bonds. The van der Waals surface area contributed by atoms with Gasteiger partial charge >= 0.3 is 0 Å².